The van der Waals surface area contributed by atoms with Crippen LogP contribution in [0.5, 0.6) is 11.5 Å². The van der Waals surface area contributed by atoms with Crippen molar-refractivity contribution in [3.8, 4) is 22.6 Å². The Hall–Kier alpha value is -3.11. The third-order valence-corrected chi connectivity index (χ3v) is 7.74. The van der Waals surface area contributed by atoms with Crippen molar-refractivity contribution in [2.24, 2.45) is 0 Å². The second-order valence-electron chi connectivity index (χ2n) is 11.0. The predicted molar refractivity (Wildman–Crippen MR) is 170 cm³/mol. The molecule has 0 saturated carbocycles. The maximum Gasteiger partial charge on any atom is 0.343 e. The topological polar surface area (TPSA) is 44.8 Å². The van der Waals surface area contributed by atoms with Gasteiger partial charge in [-0.2, -0.15) is 0 Å². The molecule has 0 aliphatic rings. The van der Waals surface area contributed by atoms with E-state index in [0.29, 0.717) is 17.9 Å². The average molecular weight is 559 g/mol. The summed E-state index contributed by atoms with van der Waals surface area (Å²) in [5.41, 5.74) is 3.80. The Bertz CT molecular complexity index is 1100. The summed E-state index contributed by atoms with van der Waals surface area (Å²) in [6.07, 6.45) is 17.5. The summed E-state index contributed by atoms with van der Waals surface area (Å²) in [4.78, 5) is 12.6. The van der Waals surface area contributed by atoms with E-state index in [1.165, 1.54) is 77.0 Å². The Balaban J connectivity index is 1.28. The standard InChI is InChI=1S/C37H50O4/c1-4-5-6-7-8-9-10-11-12-13-14-15-16-29-40-35-25-23-34(24-26-35)37(38)41-36-27-21-33(22-28-36)32-19-17-31(18-20-32)30(2)39-3/h17-28,30H,4-16,29H2,1-3H3. The number of hydrogen-bond acceptors (Lipinski definition) is 4. The van der Waals surface area contributed by atoms with Gasteiger partial charge < -0.3 is 14.2 Å². The van der Waals surface area contributed by atoms with Crippen LogP contribution in [-0.4, -0.2) is 19.7 Å². The van der Waals surface area contributed by atoms with Crippen molar-refractivity contribution in [3.05, 3.63) is 83.9 Å². The minimum Gasteiger partial charge on any atom is -0.494 e. The van der Waals surface area contributed by atoms with Crippen LogP contribution in [0.15, 0.2) is 72.8 Å². The smallest absolute Gasteiger partial charge is 0.343 e. The van der Waals surface area contributed by atoms with Gasteiger partial charge in [-0.15, -0.1) is 0 Å². The van der Waals surface area contributed by atoms with Gasteiger partial charge in [-0.25, -0.2) is 4.79 Å². The summed E-state index contributed by atoms with van der Waals surface area (Å²) >= 11 is 0. The van der Waals surface area contributed by atoms with E-state index in [-0.39, 0.29) is 12.1 Å². The molecule has 0 N–H and O–H groups in total. The molecule has 3 rings (SSSR count). The molecule has 3 aromatic carbocycles. The first-order valence-corrected chi connectivity index (χ1v) is 15.8. The zero-order valence-electron chi connectivity index (χ0n) is 25.5. The Morgan fingerprint density at radius 3 is 1.59 bits per heavy atom. The normalized spacial score (nSPS) is 11.8. The Labute approximate surface area is 248 Å². The van der Waals surface area contributed by atoms with Crippen LogP contribution in [0.25, 0.3) is 11.1 Å². The fraction of sp³-hybridized carbons (Fsp3) is 0.486. The minimum absolute atomic E-state index is 0.0653. The number of carbonyl (C=O) groups excluding carboxylic acids is 1. The molecule has 0 saturated heterocycles. The van der Waals surface area contributed by atoms with Gasteiger partial charge in [0, 0.05) is 7.11 Å². The second kappa shape index (κ2) is 19.1. The molecule has 0 aliphatic carbocycles. The molecule has 4 heteroatoms. The van der Waals surface area contributed by atoms with E-state index >= 15 is 0 Å². The van der Waals surface area contributed by atoms with E-state index in [9.17, 15) is 4.79 Å². The summed E-state index contributed by atoms with van der Waals surface area (Å²) in [6.45, 7) is 5.01. The first kappa shape index (κ1) is 32.4. The molecule has 0 fully saturated rings. The minimum atomic E-state index is -0.376. The number of unbranched alkanes of at least 4 members (excludes halogenated alkanes) is 12. The van der Waals surface area contributed by atoms with E-state index in [2.05, 4.69) is 31.2 Å². The average Bonchev–Trinajstić information content (AvgIpc) is 3.01. The van der Waals surface area contributed by atoms with Crippen LogP contribution in [-0.2, 0) is 4.74 Å². The largest absolute Gasteiger partial charge is 0.494 e. The number of ether oxygens (including phenoxy) is 3. The number of rotatable bonds is 20. The number of benzene rings is 3. The molecule has 0 heterocycles. The van der Waals surface area contributed by atoms with Crippen LogP contribution in [0.4, 0.5) is 0 Å². The lowest BCUT2D eigenvalue weighted by Crippen LogP contribution is -2.08. The zero-order chi connectivity index (χ0) is 29.1. The summed E-state index contributed by atoms with van der Waals surface area (Å²) < 4.78 is 16.8. The molecule has 0 spiro atoms. The van der Waals surface area contributed by atoms with Crippen molar-refractivity contribution < 1.29 is 19.0 Å². The highest BCUT2D eigenvalue weighted by Crippen LogP contribution is 2.26. The molecule has 1 atom stereocenters. The van der Waals surface area contributed by atoms with E-state index in [0.717, 1.165) is 28.9 Å². The molecule has 3 aromatic rings. The van der Waals surface area contributed by atoms with Crippen molar-refractivity contribution in [1.29, 1.82) is 0 Å². The zero-order valence-corrected chi connectivity index (χ0v) is 25.5. The van der Waals surface area contributed by atoms with Gasteiger partial charge in [0.2, 0.25) is 0 Å². The molecular formula is C37H50O4. The van der Waals surface area contributed by atoms with Gasteiger partial charge in [0.05, 0.1) is 18.3 Å². The van der Waals surface area contributed by atoms with E-state index < -0.39 is 0 Å². The molecule has 4 nitrogen and oxygen atoms in total. The van der Waals surface area contributed by atoms with Crippen molar-refractivity contribution in [2.45, 2.75) is 103 Å². The summed E-state index contributed by atoms with van der Waals surface area (Å²) in [5, 5.41) is 0. The lowest BCUT2D eigenvalue weighted by molar-refractivity contribution is 0.0734. The van der Waals surface area contributed by atoms with Gasteiger partial charge in [-0.3, -0.25) is 0 Å². The van der Waals surface area contributed by atoms with Crippen molar-refractivity contribution in [2.75, 3.05) is 13.7 Å². The van der Waals surface area contributed by atoms with E-state index in [1.807, 2.05) is 43.3 Å². The lowest BCUT2D eigenvalue weighted by Gasteiger charge is -2.11. The highest BCUT2D eigenvalue weighted by molar-refractivity contribution is 5.91. The van der Waals surface area contributed by atoms with Gasteiger partial charge in [-0.1, -0.05) is 120 Å². The van der Waals surface area contributed by atoms with Gasteiger partial charge in [0.25, 0.3) is 0 Å². The third kappa shape index (κ3) is 12.1. The second-order valence-corrected chi connectivity index (χ2v) is 11.0. The van der Waals surface area contributed by atoms with Crippen LogP contribution in [0.3, 0.4) is 0 Å². The highest BCUT2D eigenvalue weighted by atomic mass is 16.5. The maximum absolute atomic E-state index is 12.6. The molecule has 222 valence electrons. The Kier molecular flexibility index (Phi) is 15.1. The molecule has 0 aliphatic heterocycles. The van der Waals surface area contributed by atoms with Crippen molar-refractivity contribution >= 4 is 5.97 Å². The number of hydrogen-bond donors (Lipinski definition) is 0. The molecule has 1 unspecified atom stereocenters. The van der Waals surface area contributed by atoms with Crippen molar-refractivity contribution in [3.63, 3.8) is 0 Å². The van der Waals surface area contributed by atoms with E-state index in [4.69, 9.17) is 14.2 Å². The number of methoxy groups -OCH3 is 1. The lowest BCUT2D eigenvalue weighted by atomic mass is 10.0. The monoisotopic (exact) mass is 558 g/mol. The van der Waals surface area contributed by atoms with E-state index in [1.54, 1.807) is 19.2 Å². The summed E-state index contributed by atoms with van der Waals surface area (Å²) in [7, 11) is 1.71. The SMILES string of the molecule is CCCCCCCCCCCCCCCOc1ccc(C(=O)Oc2ccc(-c3ccc(C(C)OC)cc3)cc2)cc1. The quantitative estimate of drug-likeness (QED) is 0.0786. The van der Waals surface area contributed by atoms with Crippen LogP contribution in [0, 0.1) is 0 Å². The predicted octanol–water partition coefficient (Wildman–Crippen LogP) is 10.8. The Morgan fingerprint density at radius 1 is 0.610 bits per heavy atom. The van der Waals surface area contributed by atoms with Crippen molar-refractivity contribution in [1.82, 2.24) is 0 Å². The van der Waals surface area contributed by atoms with Gasteiger partial charge >= 0.3 is 5.97 Å². The number of carbonyl (C=O) groups is 1. The molecule has 41 heavy (non-hydrogen) atoms. The fourth-order valence-corrected chi connectivity index (χ4v) is 4.96. The van der Waals surface area contributed by atoms with Gasteiger partial charge in [0.15, 0.2) is 0 Å². The molecular weight excluding hydrogens is 508 g/mol. The molecule has 0 bridgehead atoms. The maximum atomic E-state index is 12.6. The van der Waals surface area contributed by atoms with Gasteiger partial charge in [0.1, 0.15) is 11.5 Å². The molecule has 0 amide bonds. The number of esters is 1. The first-order chi connectivity index (χ1) is 20.1. The third-order valence-electron chi connectivity index (χ3n) is 7.74. The molecule has 0 aromatic heterocycles. The van der Waals surface area contributed by atoms with Crippen LogP contribution >= 0.6 is 0 Å². The van der Waals surface area contributed by atoms with Gasteiger partial charge in [-0.05, 0) is 66.4 Å². The summed E-state index contributed by atoms with van der Waals surface area (Å²) in [6, 6.07) is 23.1. The highest BCUT2D eigenvalue weighted by Gasteiger charge is 2.10. The van der Waals surface area contributed by atoms with Crippen LogP contribution in [0.1, 0.15) is 119 Å². The fourth-order valence-electron chi connectivity index (χ4n) is 4.96. The van der Waals surface area contributed by atoms with Crippen LogP contribution in [0.2, 0.25) is 0 Å². The van der Waals surface area contributed by atoms with Crippen LogP contribution < -0.4 is 9.47 Å². The molecule has 0 radical (unpaired) electrons. The first-order valence-electron chi connectivity index (χ1n) is 15.8. The summed E-state index contributed by atoms with van der Waals surface area (Å²) in [5.74, 6) is 0.931. The Morgan fingerprint density at radius 2 is 1.07 bits per heavy atom.